The van der Waals surface area contributed by atoms with E-state index < -0.39 is 0 Å². The van der Waals surface area contributed by atoms with Gasteiger partial charge in [0.05, 0.1) is 0 Å². The molecule has 0 bridgehead atoms. The largest absolute Gasteiger partial charge is 0.356 e. The molecule has 1 unspecified atom stereocenters. The van der Waals surface area contributed by atoms with Gasteiger partial charge in [0, 0.05) is 25.4 Å². The van der Waals surface area contributed by atoms with E-state index >= 15 is 0 Å². The van der Waals surface area contributed by atoms with E-state index in [9.17, 15) is 9.59 Å². The van der Waals surface area contributed by atoms with Gasteiger partial charge in [-0.05, 0) is 29.4 Å². The zero-order valence-corrected chi connectivity index (χ0v) is 13.7. The average Bonchev–Trinajstić information content (AvgIpc) is 2.45. The molecular formula is C18H26N2O2. The predicted molar refractivity (Wildman–Crippen MR) is 87.6 cm³/mol. The summed E-state index contributed by atoms with van der Waals surface area (Å²) < 4.78 is 0. The highest BCUT2D eigenvalue weighted by Crippen LogP contribution is 2.22. The molecule has 1 atom stereocenters. The fraction of sp³-hybridized carbons (Fsp3) is 0.556. The summed E-state index contributed by atoms with van der Waals surface area (Å²) in [5.74, 6) is 0.0499. The second-order valence-electron chi connectivity index (χ2n) is 7.05. The SMILES string of the molecule is CC(C)(C)c1ccc(CCC(=O)NC2CCNC(=O)C2)cc1. The third-order valence-corrected chi connectivity index (χ3v) is 4.07. The third-order valence-electron chi connectivity index (χ3n) is 4.07. The van der Waals surface area contributed by atoms with E-state index in [1.807, 2.05) is 0 Å². The van der Waals surface area contributed by atoms with Gasteiger partial charge in [-0.2, -0.15) is 0 Å². The van der Waals surface area contributed by atoms with Crippen LogP contribution in [0.15, 0.2) is 24.3 Å². The molecule has 2 rings (SSSR count). The van der Waals surface area contributed by atoms with Crippen molar-refractivity contribution in [3.05, 3.63) is 35.4 Å². The summed E-state index contributed by atoms with van der Waals surface area (Å²) in [7, 11) is 0. The van der Waals surface area contributed by atoms with Crippen molar-refractivity contribution < 1.29 is 9.59 Å². The van der Waals surface area contributed by atoms with Crippen LogP contribution < -0.4 is 10.6 Å². The second kappa shape index (κ2) is 6.95. The van der Waals surface area contributed by atoms with E-state index in [0.29, 0.717) is 19.4 Å². The van der Waals surface area contributed by atoms with Gasteiger partial charge in [0.1, 0.15) is 0 Å². The molecule has 1 aromatic rings. The van der Waals surface area contributed by atoms with Crippen LogP contribution in [-0.4, -0.2) is 24.4 Å². The van der Waals surface area contributed by atoms with Gasteiger partial charge < -0.3 is 10.6 Å². The van der Waals surface area contributed by atoms with Gasteiger partial charge in [-0.15, -0.1) is 0 Å². The molecule has 1 fully saturated rings. The van der Waals surface area contributed by atoms with Crippen molar-refractivity contribution in [1.29, 1.82) is 0 Å². The molecule has 120 valence electrons. The van der Waals surface area contributed by atoms with Gasteiger partial charge in [0.25, 0.3) is 0 Å². The van der Waals surface area contributed by atoms with Crippen molar-refractivity contribution in [3.8, 4) is 0 Å². The highest BCUT2D eigenvalue weighted by molar-refractivity contribution is 5.80. The van der Waals surface area contributed by atoms with E-state index in [1.54, 1.807) is 0 Å². The first-order valence-corrected chi connectivity index (χ1v) is 8.00. The lowest BCUT2D eigenvalue weighted by Gasteiger charge is -2.23. The van der Waals surface area contributed by atoms with Crippen LogP contribution in [0.25, 0.3) is 0 Å². The van der Waals surface area contributed by atoms with E-state index in [2.05, 4.69) is 55.7 Å². The van der Waals surface area contributed by atoms with E-state index in [-0.39, 0.29) is 23.3 Å². The molecular weight excluding hydrogens is 276 g/mol. The maximum Gasteiger partial charge on any atom is 0.222 e. The maximum absolute atomic E-state index is 12.0. The molecule has 0 aromatic heterocycles. The number of hydrogen-bond acceptors (Lipinski definition) is 2. The average molecular weight is 302 g/mol. The summed E-state index contributed by atoms with van der Waals surface area (Å²) in [4.78, 5) is 23.3. The summed E-state index contributed by atoms with van der Waals surface area (Å²) in [5.41, 5.74) is 2.62. The first-order valence-electron chi connectivity index (χ1n) is 8.00. The van der Waals surface area contributed by atoms with Crippen LogP contribution in [-0.2, 0) is 21.4 Å². The lowest BCUT2D eigenvalue weighted by molar-refractivity contribution is -0.124. The molecule has 1 heterocycles. The first-order chi connectivity index (χ1) is 10.3. The molecule has 2 amide bonds. The minimum absolute atomic E-state index is 0.00971. The lowest BCUT2D eigenvalue weighted by Crippen LogP contribution is -2.45. The number of nitrogens with one attached hydrogen (secondary N) is 2. The topological polar surface area (TPSA) is 58.2 Å². The molecule has 1 aromatic carbocycles. The Morgan fingerprint density at radius 3 is 2.55 bits per heavy atom. The number of rotatable bonds is 4. The number of benzene rings is 1. The molecule has 4 heteroatoms. The minimum Gasteiger partial charge on any atom is -0.356 e. The van der Waals surface area contributed by atoms with Crippen LogP contribution in [0.3, 0.4) is 0 Å². The molecule has 0 spiro atoms. The minimum atomic E-state index is -0.00971. The second-order valence-corrected chi connectivity index (χ2v) is 7.05. The summed E-state index contributed by atoms with van der Waals surface area (Å²) in [6.45, 7) is 7.22. The van der Waals surface area contributed by atoms with Gasteiger partial charge >= 0.3 is 0 Å². The fourth-order valence-electron chi connectivity index (χ4n) is 2.64. The predicted octanol–water partition coefficient (Wildman–Crippen LogP) is 2.31. The van der Waals surface area contributed by atoms with Crippen LogP contribution in [0.1, 0.15) is 51.2 Å². The standard InChI is InChI=1S/C18H26N2O2/c1-18(2,3)14-7-4-13(5-8-14)6-9-16(21)20-15-10-11-19-17(22)12-15/h4-5,7-8,15H,6,9-12H2,1-3H3,(H,19,22)(H,20,21). The van der Waals surface area contributed by atoms with Crippen LogP contribution in [0.2, 0.25) is 0 Å². The molecule has 22 heavy (non-hydrogen) atoms. The number of carbonyl (C=O) groups is 2. The smallest absolute Gasteiger partial charge is 0.222 e. The number of piperidine rings is 1. The highest BCUT2D eigenvalue weighted by Gasteiger charge is 2.20. The Labute approximate surface area is 132 Å². The van der Waals surface area contributed by atoms with Gasteiger partial charge in [-0.25, -0.2) is 0 Å². The Hall–Kier alpha value is -1.84. The van der Waals surface area contributed by atoms with E-state index in [4.69, 9.17) is 0 Å². The van der Waals surface area contributed by atoms with Crippen molar-refractivity contribution >= 4 is 11.8 Å². The Bertz CT molecular complexity index is 529. The van der Waals surface area contributed by atoms with Crippen LogP contribution >= 0.6 is 0 Å². The molecule has 4 nitrogen and oxygen atoms in total. The lowest BCUT2D eigenvalue weighted by atomic mass is 9.86. The number of hydrogen-bond donors (Lipinski definition) is 2. The summed E-state index contributed by atoms with van der Waals surface area (Å²) in [5, 5.41) is 5.73. The Balaban J connectivity index is 1.79. The summed E-state index contributed by atoms with van der Waals surface area (Å²) in [6, 6.07) is 8.46. The molecule has 1 saturated heterocycles. The monoisotopic (exact) mass is 302 g/mol. The Morgan fingerprint density at radius 2 is 1.95 bits per heavy atom. The fourth-order valence-corrected chi connectivity index (χ4v) is 2.64. The van der Waals surface area contributed by atoms with Gasteiger partial charge in [0.2, 0.25) is 11.8 Å². The van der Waals surface area contributed by atoms with Gasteiger partial charge in [-0.1, -0.05) is 45.0 Å². The van der Waals surface area contributed by atoms with Crippen LogP contribution in [0, 0.1) is 0 Å². The van der Waals surface area contributed by atoms with Crippen molar-refractivity contribution in [2.24, 2.45) is 0 Å². The molecule has 1 aliphatic rings. The first kappa shape index (κ1) is 16.5. The van der Waals surface area contributed by atoms with Crippen molar-refractivity contribution in [2.75, 3.05) is 6.54 Å². The molecule has 0 saturated carbocycles. The molecule has 2 N–H and O–H groups in total. The maximum atomic E-state index is 12.0. The van der Waals surface area contributed by atoms with Crippen molar-refractivity contribution in [2.45, 2.75) is 57.9 Å². The van der Waals surface area contributed by atoms with Crippen molar-refractivity contribution in [1.82, 2.24) is 10.6 Å². The number of amides is 2. The molecule has 0 aliphatic carbocycles. The zero-order valence-electron chi connectivity index (χ0n) is 13.7. The Kier molecular flexibility index (Phi) is 5.22. The zero-order chi connectivity index (χ0) is 16.2. The Morgan fingerprint density at radius 1 is 1.27 bits per heavy atom. The molecule has 1 aliphatic heterocycles. The number of aryl methyl sites for hydroxylation is 1. The summed E-state index contributed by atoms with van der Waals surface area (Å²) in [6.07, 6.45) is 2.41. The van der Waals surface area contributed by atoms with Gasteiger partial charge in [0.15, 0.2) is 0 Å². The highest BCUT2D eigenvalue weighted by atomic mass is 16.2. The van der Waals surface area contributed by atoms with Crippen LogP contribution in [0.5, 0.6) is 0 Å². The van der Waals surface area contributed by atoms with Gasteiger partial charge in [-0.3, -0.25) is 9.59 Å². The van der Waals surface area contributed by atoms with Crippen LogP contribution in [0.4, 0.5) is 0 Å². The quantitative estimate of drug-likeness (QED) is 0.896. The number of carbonyl (C=O) groups excluding carboxylic acids is 2. The normalized spacial score (nSPS) is 18.7. The van der Waals surface area contributed by atoms with Crippen molar-refractivity contribution in [3.63, 3.8) is 0 Å². The van der Waals surface area contributed by atoms with E-state index in [1.165, 1.54) is 11.1 Å². The molecule has 0 radical (unpaired) electrons. The summed E-state index contributed by atoms with van der Waals surface area (Å²) >= 11 is 0. The van der Waals surface area contributed by atoms with E-state index in [0.717, 1.165) is 12.8 Å². The third kappa shape index (κ3) is 4.86.